The van der Waals surface area contributed by atoms with E-state index in [2.05, 4.69) is 52.2 Å². The number of imidazole rings is 1. The van der Waals surface area contributed by atoms with Crippen LogP contribution in [0.15, 0.2) is 29.3 Å². The maximum Gasteiger partial charge on any atom is 0.222 e. The molecule has 1 aliphatic rings. The average Bonchev–Trinajstić information content (AvgIpc) is 3.28. The third-order valence-corrected chi connectivity index (χ3v) is 5.18. The quantitative estimate of drug-likeness (QED) is 0.436. The summed E-state index contributed by atoms with van der Waals surface area (Å²) < 4.78 is 2.26. The number of para-hydroxylation sites is 2. The van der Waals surface area contributed by atoms with Gasteiger partial charge in [0.25, 0.3) is 0 Å². The number of hydrogen-bond acceptors (Lipinski definition) is 3. The van der Waals surface area contributed by atoms with Crippen molar-refractivity contribution in [3.8, 4) is 0 Å². The fraction of sp³-hybridized carbons (Fsp3) is 0.571. The lowest BCUT2D eigenvalue weighted by atomic mass is 10.3. The summed E-state index contributed by atoms with van der Waals surface area (Å²) >= 11 is 0. The molecular weight excluding hydrogens is 352 g/mol. The molecule has 0 radical (unpaired) electrons. The third-order valence-electron chi connectivity index (χ3n) is 5.18. The first-order valence-electron chi connectivity index (χ1n) is 10.4. The number of nitrogens with zero attached hydrogens (tertiary/aromatic N) is 4. The lowest BCUT2D eigenvalue weighted by molar-refractivity contribution is -0.129. The van der Waals surface area contributed by atoms with E-state index in [4.69, 9.17) is 4.99 Å². The van der Waals surface area contributed by atoms with Crippen LogP contribution >= 0.6 is 0 Å². The van der Waals surface area contributed by atoms with Gasteiger partial charge in [-0.15, -0.1) is 0 Å². The number of rotatable bonds is 7. The van der Waals surface area contributed by atoms with Gasteiger partial charge in [0.05, 0.1) is 11.0 Å². The van der Waals surface area contributed by atoms with Gasteiger partial charge in [-0.05, 0) is 38.8 Å². The molecule has 7 nitrogen and oxygen atoms in total. The molecule has 1 unspecified atom stereocenters. The molecule has 0 bridgehead atoms. The van der Waals surface area contributed by atoms with Gasteiger partial charge in [-0.1, -0.05) is 19.1 Å². The van der Waals surface area contributed by atoms with Crippen molar-refractivity contribution in [3.05, 3.63) is 30.1 Å². The Balaban J connectivity index is 1.53. The molecule has 2 N–H and O–H groups in total. The lowest BCUT2D eigenvalue weighted by Crippen LogP contribution is -2.45. The number of aryl methyl sites for hydroxylation is 2. The van der Waals surface area contributed by atoms with Gasteiger partial charge in [-0.3, -0.25) is 9.79 Å². The summed E-state index contributed by atoms with van der Waals surface area (Å²) in [4.78, 5) is 23.2. The first-order valence-corrected chi connectivity index (χ1v) is 10.4. The Morgan fingerprint density at radius 1 is 1.32 bits per heavy atom. The van der Waals surface area contributed by atoms with Gasteiger partial charge in [-0.25, -0.2) is 4.98 Å². The number of guanidine groups is 1. The van der Waals surface area contributed by atoms with Crippen LogP contribution in [0.3, 0.4) is 0 Å². The molecule has 3 rings (SSSR count). The topological polar surface area (TPSA) is 74.6 Å². The van der Waals surface area contributed by atoms with Crippen LogP contribution in [-0.4, -0.2) is 58.5 Å². The Labute approximate surface area is 167 Å². The van der Waals surface area contributed by atoms with Crippen LogP contribution in [0, 0.1) is 6.92 Å². The van der Waals surface area contributed by atoms with Crippen molar-refractivity contribution in [1.29, 1.82) is 0 Å². The molecule has 0 saturated carbocycles. The molecule has 1 aromatic carbocycles. The summed E-state index contributed by atoms with van der Waals surface area (Å²) in [6.45, 7) is 10.1. The van der Waals surface area contributed by atoms with Gasteiger partial charge < -0.3 is 20.1 Å². The van der Waals surface area contributed by atoms with Crippen LogP contribution in [0.2, 0.25) is 0 Å². The summed E-state index contributed by atoms with van der Waals surface area (Å²) in [5.74, 6) is 2.11. The largest absolute Gasteiger partial charge is 0.357 e. The smallest absolute Gasteiger partial charge is 0.222 e. The molecule has 1 amide bonds. The van der Waals surface area contributed by atoms with E-state index in [-0.39, 0.29) is 11.9 Å². The minimum Gasteiger partial charge on any atom is -0.357 e. The lowest BCUT2D eigenvalue weighted by Gasteiger charge is -2.18. The van der Waals surface area contributed by atoms with Crippen LogP contribution in [0.5, 0.6) is 0 Å². The fourth-order valence-electron chi connectivity index (χ4n) is 3.74. The number of carbonyl (C=O) groups excluding carboxylic acids is 1. The molecule has 1 aliphatic heterocycles. The number of amides is 1. The van der Waals surface area contributed by atoms with Crippen molar-refractivity contribution < 1.29 is 4.79 Å². The zero-order chi connectivity index (χ0) is 19.9. The van der Waals surface area contributed by atoms with Gasteiger partial charge in [-0.2, -0.15) is 0 Å². The molecule has 2 heterocycles. The number of aromatic nitrogens is 2. The summed E-state index contributed by atoms with van der Waals surface area (Å²) in [6.07, 6.45) is 2.49. The molecule has 1 atom stereocenters. The molecule has 2 aromatic rings. The van der Waals surface area contributed by atoms with Crippen LogP contribution in [0.1, 0.15) is 38.9 Å². The van der Waals surface area contributed by atoms with E-state index in [1.165, 1.54) is 5.52 Å². The number of nitrogens with one attached hydrogen (secondary N) is 2. The second-order valence-corrected chi connectivity index (χ2v) is 7.24. The van der Waals surface area contributed by atoms with E-state index in [0.717, 1.165) is 62.9 Å². The standard InChI is InChI=1S/C21H32N6O/c1-4-20(28)26-14-11-17(15-26)25-21(22-5-2)23-12-8-13-27-16(3)24-18-9-6-7-10-19(18)27/h6-7,9-10,17H,4-5,8,11-15H2,1-3H3,(H2,22,23,25). The van der Waals surface area contributed by atoms with Gasteiger partial charge >= 0.3 is 0 Å². The van der Waals surface area contributed by atoms with Crippen LogP contribution in [0.4, 0.5) is 0 Å². The summed E-state index contributed by atoms with van der Waals surface area (Å²) in [6, 6.07) is 8.52. The highest BCUT2D eigenvalue weighted by atomic mass is 16.2. The minimum absolute atomic E-state index is 0.231. The monoisotopic (exact) mass is 384 g/mol. The van der Waals surface area contributed by atoms with Gasteiger partial charge in [0.1, 0.15) is 5.82 Å². The van der Waals surface area contributed by atoms with Gasteiger partial charge in [0.15, 0.2) is 5.96 Å². The molecule has 0 aliphatic carbocycles. The predicted molar refractivity (Wildman–Crippen MR) is 113 cm³/mol. The average molecular weight is 385 g/mol. The Bertz CT molecular complexity index is 827. The van der Waals surface area contributed by atoms with Crippen molar-refractivity contribution in [2.24, 2.45) is 4.99 Å². The van der Waals surface area contributed by atoms with E-state index in [1.807, 2.05) is 17.9 Å². The van der Waals surface area contributed by atoms with Crippen LogP contribution in [-0.2, 0) is 11.3 Å². The highest BCUT2D eigenvalue weighted by Crippen LogP contribution is 2.15. The van der Waals surface area contributed by atoms with E-state index in [1.54, 1.807) is 0 Å². The van der Waals surface area contributed by atoms with Crippen molar-refractivity contribution in [1.82, 2.24) is 25.1 Å². The molecule has 7 heteroatoms. The zero-order valence-electron chi connectivity index (χ0n) is 17.2. The number of likely N-dealkylation sites (tertiary alicyclic amines) is 1. The van der Waals surface area contributed by atoms with Gasteiger partial charge in [0.2, 0.25) is 5.91 Å². The molecule has 1 aromatic heterocycles. The molecule has 1 fully saturated rings. The van der Waals surface area contributed by atoms with E-state index in [0.29, 0.717) is 6.42 Å². The number of fused-ring (bicyclic) bond motifs is 1. The highest BCUT2D eigenvalue weighted by molar-refractivity contribution is 5.80. The van der Waals surface area contributed by atoms with E-state index < -0.39 is 0 Å². The predicted octanol–water partition coefficient (Wildman–Crippen LogP) is 2.30. The number of carbonyl (C=O) groups is 1. The Morgan fingerprint density at radius 2 is 2.14 bits per heavy atom. The Kier molecular flexibility index (Phi) is 6.90. The van der Waals surface area contributed by atoms with Crippen molar-refractivity contribution in [3.63, 3.8) is 0 Å². The number of benzene rings is 1. The van der Waals surface area contributed by atoms with Crippen molar-refractivity contribution >= 4 is 22.9 Å². The summed E-state index contributed by atoms with van der Waals surface area (Å²) in [7, 11) is 0. The van der Waals surface area contributed by atoms with Crippen LogP contribution in [0.25, 0.3) is 11.0 Å². The minimum atomic E-state index is 0.231. The van der Waals surface area contributed by atoms with Crippen molar-refractivity contribution in [2.75, 3.05) is 26.2 Å². The Hall–Kier alpha value is -2.57. The highest BCUT2D eigenvalue weighted by Gasteiger charge is 2.25. The molecule has 28 heavy (non-hydrogen) atoms. The maximum atomic E-state index is 11.9. The maximum absolute atomic E-state index is 11.9. The summed E-state index contributed by atoms with van der Waals surface area (Å²) in [5, 5.41) is 6.80. The number of hydrogen-bond donors (Lipinski definition) is 2. The van der Waals surface area contributed by atoms with Crippen molar-refractivity contribution in [2.45, 2.75) is 52.6 Å². The normalized spacial score (nSPS) is 17.3. The molecule has 1 saturated heterocycles. The second kappa shape index (κ2) is 9.57. The van der Waals surface area contributed by atoms with E-state index >= 15 is 0 Å². The first-order chi connectivity index (χ1) is 13.6. The second-order valence-electron chi connectivity index (χ2n) is 7.24. The SMILES string of the molecule is CCNC(=NCCCn1c(C)nc2ccccc21)NC1CCN(C(=O)CC)C1. The molecular formula is C21H32N6O. The first kappa shape index (κ1) is 20.2. The fourth-order valence-corrected chi connectivity index (χ4v) is 3.74. The van der Waals surface area contributed by atoms with Crippen LogP contribution < -0.4 is 10.6 Å². The summed E-state index contributed by atoms with van der Waals surface area (Å²) in [5.41, 5.74) is 2.23. The van der Waals surface area contributed by atoms with Gasteiger partial charge in [0, 0.05) is 45.2 Å². The number of aliphatic imine (C=N–C) groups is 1. The molecule has 0 spiro atoms. The molecule has 152 valence electrons. The third kappa shape index (κ3) is 4.82. The Morgan fingerprint density at radius 3 is 2.93 bits per heavy atom. The zero-order valence-corrected chi connectivity index (χ0v) is 17.2. The van der Waals surface area contributed by atoms with E-state index in [9.17, 15) is 4.79 Å².